The van der Waals surface area contributed by atoms with Gasteiger partial charge in [0.2, 0.25) is 8.87 Å². The average Bonchev–Trinajstić information content (AvgIpc) is 1.91. The van der Waals surface area contributed by atoms with E-state index in [9.17, 15) is 8.42 Å². The van der Waals surface area contributed by atoms with Crippen molar-refractivity contribution in [1.29, 1.82) is 0 Å². The van der Waals surface area contributed by atoms with Crippen LogP contribution in [0.25, 0.3) is 0 Å². The first kappa shape index (κ1) is 9.61. The van der Waals surface area contributed by atoms with Gasteiger partial charge in [-0.2, -0.15) is 0 Å². The smallest absolute Gasteiger partial charge is 0.203 e. The van der Waals surface area contributed by atoms with Gasteiger partial charge >= 0.3 is 0 Å². The number of hydrogen-bond acceptors (Lipinski definition) is 3. The molecular weight excluding hydrogens is 192 g/mol. The first-order valence-corrected chi connectivity index (χ1v) is 6.66. The molecule has 0 aliphatic carbocycles. The van der Waals surface area contributed by atoms with Crippen LogP contribution < -0.4 is 0 Å². The molecule has 0 bridgehead atoms. The van der Waals surface area contributed by atoms with Crippen LogP contribution in [0.1, 0.15) is 5.56 Å². The lowest BCUT2D eigenvalue weighted by Gasteiger charge is -1.97. The molecule has 1 aromatic rings. The molecular formula is C8H10O2S2. The van der Waals surface area contributed by atoms with E-state index in [-0.39, 0.29) is 0 Å². The molecule has 0 aliphatic heterocycles. The van der Waals surface area contributed by atoms with Crippen molar-refractivity contribution in [3.8, 4) is 0 Å². The van der Waals surface area contributed by atoms with E-state index in [2.05, 4.69) is 0 Å². The molecule has 1 aromatic carbocycles. The third kappa shape index (κ3) is 3.28. The fraction of sp³-hybridized carbons (Fsp3) is 0.250. The van der Waals surface area contributed by atoms with Crippen LogP contribution in [0.2, 0.25) is 0 Å². The quantitative estimate of drug-likeness (QED) is 0.688. The second kappa shape index (κ2) is 3.49. The summed E-state index contributed by atoms with van der Waals surface area (Å²) in [6, 6.07) is 7.41. The minimum absolute atomic E-state index is 0.767. The van der Waals surface area contributed by atoms with Crippen LogP contribution in [0, 0.1) is 6.92 Å². The molecule has 0 N–H and O–H groups in total. The van der Waals surface area contributed by atoms with Gasteiger partial charge in [0.1, 0.15) is 0 Å². The third-order valence-electron chi connectivity index (χ3n) is 1.27. The second-order valence-electron chi connectivity index (χ2n) is 2.60. The molecule has 1 rings (SSSR count). The predicted octanol–water partition coefficient (Wildman–Crippen LogP) is 2.05. The molecule has 0 spiro atoms. The zero-order valence-electron chi connectivity index (χ0n) is 6.94. The van der Waals surface area contributed by atoms with Gasteiger partial charge in [0.05, 0.1) is 0 Å². The molecule has 4 heteroatoms. The van der Waals surface area contributed by atoms with Gasteiger partial charge in [-0.05, 0) is 19.1 Å². The van der Waals surface area contributed by atoms with Gasteiger partial charge in [0.25, 0.3) is 0 Å². The number of aryl methyl sites for hydroxylation is 1. The largest absolute Gasteiger partial charge is 0.217 e. The molecule has 0 amide bonds. The van der Waals surface area contributed by atoms with Crippen LogP contribution in [0.3, 0.4) is 0 Å². The minimum Gasteiger partial charge on any atom is -0.217 e. The lowest BCUT2D eigenvalue weighted by Crippen LogP contribution is -1.87. The van der Waals surface area contributed by atoms with E-state index >= 15 is 0 Å². The predicted molar refractivity (Wildman–Crippen MR) is 51.9 cm³/mol. The topological polar surface area (TPSA) is 34.1 Å². The van der Waals surface area contributed by atoms with Crippen molar-refractivity contribution in [2.24, 2.45) is 0 Å². The van der Waals surface area contributed by atoms with Crippen LogP contribution in [0.5, 0.6) is 0 Å². The van der Waals surface area contributed by atoms with Gasteiger partial charge in [0, 0.05) is 21.9 Å². The Bertz CT molecular complexity index is 351. The zero-order valence-corrected chi connectivity index (χ0v) is 8.58. The average molecular weight is 202 g/mol. The van der Waals surface area contributed by atoms with Crippen molar-refractivity contribution in [2.75, 3.05) is 6.26 Å². The lowest BCUT2D eigenvalue weighted by molar-refractivity contribution is 0.615. The summed E-state index contributed by atoms with van der Waals surface area (Å²) in [5.41, 5.74) is 1.13. The molecule has 2 nitrogen and oxygen atoms in total. The van der Waals surface area contributed by atoms with Gasteiger partial charge in [-0.15, -0.1) is 0 Å². The highest BCUT2D eigenvalue weighted by Gasteiger charge is 2.03. The fourth-order valence-corrected chi connectivity index (χ4v) is 2.75. The molecule has 0 unspecified atom stereocenters. The maximum absolute atomic E-state index is 10.8. The highest BCUT2D eigenvalue weighted by molar-refractivity contribution is 8.71. The van der Waals surface area contributed by atoms with E-state index in [1.165, 1.54) is 6.26 Å². The SMILES string of the molecule is Cc1ccc(SS(C)(=O)=O)cc1. The fourth-order valence-electron chi connectivity index (χ4n) is 0.769. The van der Waals surface area contributed by atoms with Crippen molar-refractivity contribution >= 4 is 19.7 Å². The van der Waals surface area contributed by atoms with Gasteiger partial charge in [-0.1, -0.05) is 17.7 Å². The van der Waals surface area contributed by atoms with Crippen LogP contribution in [-0.2, 0) is 8.87 Å². The Labute approximate surface area is 76.3 Å². The van der Waals surface area contributed by atoms with Crippen LogP contribution in [0.15, 0.2) is 29.2 Å². The summed E-state index contributed by atoms with van der Waals surface area (Å²) in [6.45, 7) is 1.97. The molecule has 0 aromatic heterocycles. The Kier molecular flexibility index (Phi) is 2.80. The van der Waals surface area contributed by atoms with Crippen molar-refractivity contribution in [3.63, 3.8) is 0 Å². The number of hydrogen-bond donors (Lipinski definition) is 0. The van der Waals surface area contributed by atoms with E-state index in [0.29, 0.717) is 0 Å². The van der Waals surface area contributed by atoms with E-state index in [0.717, 1.165) is 21.3 Å². The number of benzene rings is 1. The molecule has 0 fully saturated rings. The monoisotopic (exact) mass is 202 g/mol. The van der Waals surface area contributed by atoms with E-state index < -0.39 is 8.87 Å². The van der Waals surface area contributed by atoms with Crippen LogP contribution in [0.4, 0.5) is 0 Å². The Morgan fingerprint density at radius 3 is 2.08 bits per heavy atom. The molecule has 0 radical (unpaired) electrons. The molecule has 66 valence electrons. The normalized spacial score (nSPS) is 11.5. The second-order valence-corrected chi connectivity index (χ2v) is 6.96. The maximum atomic E-state index is 10.8. The molecule has 0 saturated carbocycles. The first-order chi connectivity index (χ1) is 5.47. The summed E-state index contributed by atoms with van der Waals surface area (Å²) >= 11 is 0. The first-order valence-electron chi connectivity index (χ1n) is 3.43. The lowest BCUT2D eigenvalue weighted by atomic mass is 10.2. The Morgan fingerprint density at radius 1 is 1.17 bits per heavy atom. The summed E-state index contributed by atoms with van der Waals surface area (Å²) in [6.07, 6.45) is 1.21. The molecule has 0 heterocycles. The summed E-state index contributed by atoms with van der Waals surface area (Å²) in [5, 5.41) is 0. The molecule has 12 heavy (non-hydrogen) atoms. The summed E-state index contributed by atoms with van der Waals surface area (Å²) in [4.78, 5) is 0.767. The zero-order chi connectivity index (χ0) is 9.19. The summed E-state index contributed by atoms with van der Waals surface area (Å²) in [7, 11) is -2.09. The summed E-state index contributed by atoms with van der Waals surface area (Å²) in [5.74, 6) is 0. The highest BCUT2D eigenvalue weighted by Crippen LogP contribution is 2.23. The van der Waals surface area contributed by atoms with Gasteiger partial charge in [-0.3, -0.25) is 0 Å². The maximum Gasteiger partial charge on any atom is 0.203 e. The molecule has 0 aliphatic rings. The van der Waals surface area contributed by atoms with Gasteiger partial charge < -0.3 is 0 Å². The summed E-state index contributed by atoms with van der Waals surface area (Å²) < 4.78 is 21.7. The molecule has 0 saturated heterocycles. The molecule has 0 atom stereocenters. The van der Waals surface area contributed by atoms with Gasteiger partial charge in [0.15, 0.2) is 0 Å². The van der Waals surface area contributed by atoms with Gasteiger partial charge in [-0.25, -0.2) is 8.42 Å². The third-order valence-corrected chi connectivity index (χ3v) is 3.52. The highest BCUT2D eigenvalue weighted by atomic mass is 33.1. The van der Waals surface area contributed by atoms with Crippen molar-refractivity contribution in [2.45, 2.75) is 11.8 Å². The van der Waals surface area contributed by atoms with E-state index in [1.807, 2.05) is 19.1 Å². The number of rotatable bonds is 2. The Morgan fingerprint density at radius 2 is 1.67 bits per heavy atom. The van der Waals surface area contributed by atoms with Crippen molar-refractivity contribution < 1.29 is 8.42 Å². The van der Waals surface area contributed by atoms with Crippen molar-refractivity contribution in [1.82, 2.24) is 0 Å². The van der Waals surface area contributed by atoms with Crippen molar-refractivity contribution in [3.05, 3.63) is 29.8 Å². The Balaban J connectivity index is 2.85. The van der Waals surface area contributed by atoms with E-state index in [4.69, 9.17) is 0 Å². The standard InChI is InChI=1S/C8H10O2S2/c1-7-3-5-8(6-4-7)11-12(2,9)10/h3-6H,1-2H3. The van der Waals surface area contributed by atoms with Crippen LogP contribution in [-0.4, -0.2) is 14.7 Å². The van der Waals surface area contributed by atoms with Crippen LogP contribution >= 0.6 is 10.8 Å². The minimum atomic E-state index is -2.97. The Hall–Kier alpha value is -0.480. The van der Waals surface area contributed by atoms with E-state index in [1.54, 1.807) is 12.1 Å².